The maximum Gasteiger partial charge on any atom is 0.397 e. The van der Waals surface area contributed by atoms with Gasteiger partial charge in [-0.15, -0.1) is 0 Å². The molecule has 2 aliphatic heterocycles. The largest absolute Gasteiger partial charge is 0.427 e. The Morgan fingerprint density at radius 1 is 0.897 bits per heavy atom. The van der Waals surface area contributed by atoms with Crippen LogP contribution >= 0.6 is 17.2 Å². The van der Waals surface area contributed by atoms with Gasteiger partial charge in [-0.25, -0.2) is 0 Å². The third-order valence-corrected chi connectivity index (χ3v) is 5.96. The average Bonchev–Trinajstić information content (AvgIpc) is 2.74. The fraction of sp³-hybridized carbons (Fsp3) is 0.429. The Kier molecular flexibility index (Phi) is 10.9. The van der Waals surface area contributed by atoms with Crippen LogP contribution in [-0.2, 0) is 27.1 Å². The zero-order valence-corrected chi connectivity index (χ0v) is 19.1. The van der Waals surface area contributed by atoms with Gasteiger partial charge >= 0.3 is 17.2 Å². The molecule has 0 atom stereocenters. The fourth-order valence-electron chi connectivity index (χ4n) is 2.27. The van der Waals surface area contributed by atoms with Crippen molar-refractivity contribution in [1.82, 2.24) is 0 Å². The van der Waals surface area contributed by atoms with Crippen molar-refractivity contribution in [3.63, 3.8) is 0 Å². The normalized spacial score (nSPS) is 29.2. The van der Waals surface area contributed by atoms with E-state index < -0.39 is 17.2 Å². The van der Waals surface area contributed by atoms with Gasteiger partial charge in [0, 0.05) is 0 Å². The average molecular weight is 440 g/mol. The first-order chi connectivity index (χ1) is 14.1. The second-order valence-corrected chi connectivity index (χ2v) is 8.72. The highest BCUT2D eigenvalue weighted by Gasteiger charge is 2.44. The summed E-state index contributed by atoms with van der Waals surface area (Å²) >= 11 is 0. The topological polar surface area (TPSA) is 55.4 Å². The summed E-state index contributed by atoms with van der Waals surface area (Å²) in [5.74, 6) is 1.32. The second-order valence-electron chi connectivity index (χ2n) is 6.43. The molecule has 160 valence electrons. The maximum atomic E-state index is 5.85. The Bertz CT molecular complexity index is 650. The minimum atomic E-state index is -1.46. The molecule has 2 heterocycles. The fourth-order valence-corrected chi connectivity index (χ4v) is 4.75. The lowest BCUT2D eigenvalue weighted by molar-refractivity contribution is -0.0714. The predicted octanol–water partition coefficient (Wildman–Crippen LogP) is 6.63. The number of allylic oxidation sites excluding steroid dienone is 9. The highest BCUT2D eigenvalue weighted by Crippen LogP contribution is 2.54. The summed E-state index contributed by atoms with van der Waals surface area (Å²) < 4.78 is 34.8. The standard InChI is InChI=1S/C21H30O6P2/c1-5-9-11-14-20(12-7-3)27-29-24-17-21(18-25-29)15-22-28(23-16-21)26-19(8-4)13-10-6-2/h6-14H,4-5,15-18H2,1-3H3/b10-6-,11-9-,12-7-,19-13+,20-14+. The lowest BCUT2D eigenvalue weighted by atomic mass is 9.93. The molecule has 0 unspecified atom stereocenters. The van der Waals surface area contributed by atoms with E-state index in [1.54, 1.807) is 6.08 Å². The molecule has 1 spiro atoms. The molecule has 6 nitrogen and oxygen atoms in total. The first kappa shape index (κ1) is 24.0. The van der Waals surface area contributed by atoms with Crippen LogP contribution in [0.4, 0.5) is 0 Å². The molecule has 0 bridgehead atoms. The Labute approximate surface area is 176 Å². The summed E-state index contributed by atoms with van der Waals surface area (Å²) in [6.07, 6.45) is 17.9. The number of hydrogen-bond acceptors (Lipinski definition) is 6. The molecule has 0 N–H and O–H groups in total. The third-order valence-electron chi connectivity index (χ3n) is 3.88. The van der Waals surface area contributed by atoms with Crippen LogP contribution in [0.2, 0.25) is 0 Å². The zero-order valence-electron chi connectivity index (χ0n) is 17.3. The van der Waals surface area contributed by atoms with E-state index in [9.17, 15) is 0 Å². The van der Waals surface area contributed by atoms with Crippen LogP contribution in [0.3, 0.4) is 0 Å². The summed E-state index contributed by atoms with van der Waals surface area (Å²) in [4.78, 5) is 0. The van der Waals surface area contributed by atoms with E-state index in [-0.39, 0.29) is 5.41 Å². The molecule has 0 saturated carbocycles. The molecule has 0 aromatic carbocycles. The van der Waals surface area contributed by atoms with Gasteiger partial charge in [-0.3, -0.25) is 0 Å². The Balaban J connectivity index is 1.82. The SMILES string of the molecule is C=C/C(=C\C=C/C)OP1OCC2(CO1)COP(OC(/C=C\C)=C/C=C\CC)OC2. The first-order valence-electron chi connectivity index (χ1n) is 9.57. The summed E-state index contributed by atoms with van der Waals surface area (Å²) in [6.45, 7) is 11.5. The summed E-state index contributed by atoms with van der Waals surface area (Å²) in [7, 11) is -2.91. The van der Waals surface area contributed by atoms with Crippen LogP contribution in [0.15, 0.2) is 72.8 Å². The molecule has 0 aromatic heterocycles. The van der Waals surface area contributed by atoms with Crippen molar-refractivity contribution in [2.45, 2.75) is 27.2 Å². The number of hydrogen-bond donors (Lipinski definition) is 0. The van der Waals surface area contributed by atoms with Gasteiger partial charge in [0.15, 0.2) is 0 Å². The van der Waals surface area contributed by atoms with Crippen molar-refractivity contribution in [3.05, 3.63) is 72.8 Å². The summed E-state index contributed by atoms with van der Waals surface area (Å²) in [5, 5.41) is 0. The van der Waals surface area contributed by atoms with E-state index in [1.807, 2.05) is 56.4 Å². The predicted molar refractivity (Wildman–Crippen MR) is 118 cm³/mol. The molecule has 29 heavy (non-hydrogen) atoms. The minimum Gasteiger partial charge on any atom is -0.427 e. The Morgan fingerprint density at radius 2 is 1.45 bits per heavy atom. The third kappa shape index (κ3) is 8.18. The quantitative estimate of drug-likeness (QED) is 0.228. The molecular formula is C21H30O6P2. The molecule has 2 saturated heterocycles. The van der Waals surface area contributed by atoms with Crippen molar-refractivity contribution in [2.24, 2.45) is 5.41 Å². The van der Waals surface area contributed by atoms with Gasteiger partial charge in [0.2, 0.25) is 0 Å². The number of rotatable bonds is 9. The van der Waals surface area contributed by atoms with Crippen LogP contribution in [0, 0.1) is 5.41 Å². The van der Waals surface area contributed by atoms with Crippen LogP contribution in [0.1, 0.15) is 27.2 Å². The summed E-state index contributed by atoms with van der Waals surface area (Å²) in [6, 6.07) is 0. The second kappa shape index (κ2) is 13.1. The molecule has 0 aliphatic carbocycles. The van der Waals surface area contributed by atoms with Gasteiger partial charge in [-0.1, -0.05) is 43.9 Å². The molecule has 0 radical (unpaired) electrons. The van der Waals surface area contributed by atoms with Gasteiger partial charge in [-0.05, 0) is 44.6 Å². The molecule has 2 rings (SSSR count). The van der Waals surface area contributed by atoms with Gasteiger partial charge in [-0.2, -0.15) is 0 Å². The van der Waals surface area contributed by atoms with Crippen LogP contribution in [0.25, 0.3) is 0 Å². The van der Waals surface area contributed by atoms with E-state index in [0.29, 0.717) is 37.9 Å². The van der Waals surface area contributed by atoms with Crippen molar-refractivity contribution in [3.8, 4) is 0 Å². The zero-order chi connectivity index (χ0) is 21.0. The first-order valence-corrected chi connectivity index (χ1v) is 11.8. The van der Waals surface area contributed by atoms with Crippen LogP contribution < -0.4 is 0 Å². The molecule has 2 aliphatic rings. The van der Waals surface area contributed by atoms with Crippen molar-refractivity contribution >= 4 is 17.2 Å². The Morgan fingerprint density at radius 3 is 1.93 bits per heavy atom. The summed E-state index contributed by atoms with van der Waals surface area (Å²) in [5.41, 5.74) is -0.349. The van der Waals surface area contributed by atoms with Crippen molar-refractivity contribution < 1.29 is 27.1 Å². The lowest BCUT2D eigenvalue weighted by Crippen LogP contribution is -2.44. The van der Waals surface area contributed by atoms with Crippen molar-refractivity contribution in [1.29, 1.82) is 0 Å². The van der Waals surface area contributed by atoms with Crippen LogP contribution in [0.5, 0.6) is 0 Å². The van der Waals surface area contributed by atoms with E-state index in [0.717, 1.165) is 6.42 Å². The minimum absolute atomic E-state index is 0.349. The van der Waals surface area contributed by atoms with E-state index in [2.05, 4.69) is 19.6 Å². The monoisotopic (exact) mass is 440 g/mol. The lowest BCUT2D eigenvalue weighted by Gasteiger charge is -2.41. The highest BCUT2D eigenvalue weighted by molar-refractivity contribution is 7.42. The van der Waals surface area contributed by atoms with Gasteiger partial charge in [0.25, 0.3) is 0 Å². The van der Waals surface area contributed by atoms with Crippen LogP contribution in [-0.4, -0.2) is 26.4 Å². The molecule has 2 fully saturated rings. The van der Waals surface area contributed by atoms with E-state index >= 15 is 0 Å². The van der Waals surface area contributed by atoms with E-state index in [4.69, 9.17) is 27.1 Å². The smallest absolute Gasteiger partial charge is 0.397 e. The van der Waals surface area contributed by atoms with Gasteiger partial charge in [0.05, 0.1) is 31.8 Å². The van der Waals surface area contributed by atoms with E-state index in [1.165, 1.54) is 0 Å². The van der Waals surface area contributed by atoms with Gasteiger partial charge < -0.3 is 27.1 Å². The highest BCUT2D eigenvalue weighted by atomic mass is 31.2. The van der Waals surface area contributed by atoms with Gasteiger partial charge in [0.1, 0.15) is 11.5 Å². The van der Waals surface area contributed by atoms with Crippen molar-refractivity contribution in [2.75, 3.05) is 26.4 Å². The maximum absolute atomic E-state index is 5.85. The Hall–Kier alpha value is -1.26. The molecular weight excluding hydrogens is 410 g/mol. The molecule has 0 amide bonds. The molecule has 8 heteroatoms. The molecule has 0 aromatic rings.